The van der Waals surface area contributed by atoms with E-state index in [1.807, 2.05) is 71.7 Å². The van der Waals surface area contributed by atoms with Gasteiger partial charge in [-0.1, -0.05) is 66.7 Å². The van der Waals surface area contributed by atoms with E-state index in [1.165, 1.54) is 0 Å². The summed E-state index contributed by atoms with van der Waals surface area (Å²) in [6, 6.07) is 30.5. The standard InChI is InChI=1S/C21H19N3O/c1-25-21-23(18-13-7-3-8-14-18)20(17-11-5-2-6-12-17)22-24(21)19-15-9-4-10-16-19/h2-16,21H,1H3/t21-/m1/s1. The molecule has 4 rings (SSSR count). The van der Waals surface area contributed by atoms with E-state index in [2.05, 4.69) is 29.2 Å². The highest BCUT2D eigenvalue weighted by Gasteiger charge is 2.36. The van der Waals surface area contributed by atoms with Gasteiger partial charge in [0, 0.05) is 18.4 Å². The van der Waals surface area contributed by atoms with E-state index >= 15 is 0 Å². The van der Waals surface area contributed by atoms with E-state index in [0.717, 1.165) is 22.8 Å². The van der Waals surface area contributed by atoms with Gasteiger partial charge in [-0.2, -0.15) is 0 Å². The lowest BCUT2D eigenvalue weighted by atomic mass is 10.2. The maximum absolute atomic E-state index is 5.83. The molecule has 1 atom stereocenters. The van der Waals surface area contributed by atoms with Gasteiger partial charge < -0.3 is 4.74 Å². The Bertz CT molecular complexity index is 850. The smallest absolute Gasteiger partial charge is 0.235 e. The molecule has 0 unspecified atom stereocenters. The number of anilines is 2. The largest absolute Gasteiger partial charge is 0.342 e. The fourth-order valence-corrected chi connectivity index (χ4v) is 3.01. The molecule has 1 heterocycles. The number of amidine groups is 1. The first-order chi connectivity index (χ1) is 12.4. The maximum atomic E-state index is 5.83. The topological polar surface area (TPSA) is 28.1 Å². The van der Waals surface area contributed by atoms with Gasteiger partial charge in [0.25, 0.3) is 0 Å². The summed E-state index contributed by atoms with van der Waals surface area (Å²) in [7, 11) is 1.71. The fraction of sp³-hybridized carbons (Fsp3) is 0.0952. The second-order valence-electron chi connectivity index (χ2n) is 5.74. The van der Waals surface area contributed by atoms with Gasteiger partial charge in [-0.25, -0.2) is 5.01 Å². The molecule has 3 aromatic rings. The van der Waals surface area contributed by atoms with Gasteiger partial charge in [-0.05, 0) is 24.3 Å². The Hall–Kier alpha value is -3.11. The Kier molecular flexibility index (Phi) is 4.19. The molecule has 0 radical (unpaired) electrons. The van der Waals surface area contributed by atoms with Gasteiger partial charge >= 0.3 is 0 Å². The van der Waals surface area contributed by atoms with E-state index in [-0.39, 0.29) is 6.35 Å². The molecule has 4 nitrogen and oxygen atoms in total. The number of rotatable bonds is 4. The van der Waals surface area contributed by atoms with Crippen LogP contribution in [0.4, 0.5) is 11.4 Å². The molecule has 4 heteroatoms. The third kappa shape index (κ3) is 2.88. The molecule has 1 aliphatic rings. The van der Waals surface area contributed by atoms with Crippen LogP contribution in [0.3, 0.4) is 0 Å². The van der Waals surface area contributed by atoms with Gasteiger partial charge in [-0.3, -0.25) is 4.90 Å². The second kappa shape index (κ2) is 6.79. The summed E-state index contributed by atoms with van der Waals surface area (Å²) in [5.41, 5.74) is 3.07. The van der Waals surface area contributed by atoms with Crippen LogP contribution in [0.1, 0.15) is 5.56 Å². The Morgan fingerprint density at radius 1 is 0.720 bits per heavy atom. The van der Waals surface area contributed by atoms with Crippen LogP contribution in [-0.4, -0.2) is 19.3 Å². The highest BCUT2D eigenvalue weighted by atomic mass is 16.5. The number of ether oxygens (including phenoxy) is 1. The zero-order valence-corrected chi connectivity index (χ0v) is 14.0. The van der Waals surface area contributed by atoms with Crippen LogP contribution >= 0.6 is 0 Å². The van der Waals surface area contributed by atoms with E-state index in [1.54, 1.807) is 7.11 Å². The van der Waals surface area contributed by atoms with Crippen LogP contribution < -0.4 is 9.91 Å². The highest BCUT2D eigenvalue weighted by molar-refractivity contribution is 6.12. The lowest BCUT2D eigenvalue weighted by molar-refractivity contribution is 0.114. The van der Waals surface area contributed by atoms with Crippen molar-refractivity contribution in [1.82, 2.24) is 0 Å². The molecular weight excluding hydrogens is 310 g/mol. The molecule has 0 N–H and O–H groups in total. The van der Waals surface area contributed by atoms with Crippen molar-refractivity contribution < 1.29 is 4.74 Å². The van der Waals surface area contributed by atoms with Crippen LogP contribution in [0, 0.1) is 0 Å². The van der Waals surface area contributed by atoms with Crippen LogP contribution in [-0.2, 0) is 4.74 Å². The summed E-state index contributed by atoms with van der Waals surface area (Å²) in [6.07, 6.45) is -0.347. The van der Waals surface area contributed by atoms with Gasteiger partial charge in [-0.15, -0.1) is 5.10 Å². The Morgan fingerprint density at radius 3 is 1.80 bits per heavy atom. The molecule has 0 aromatic heterocycles. The SMILES string of the molecule is CO[C@H]1N(c2ccccc2)N=C(c2ccccc2)N1c1ccccc1. The quantitative estimate of drug-likeness (QED) is 0.714. The van der Waals surface area contributed by atoms with Gasteiger partial charge in [0.05, 0.1) is 5.69 Å². The van der Waals surface area contributed by atoms with Gasteiger partial charge in [0.2, 0.25) is 6.35 Å². The minimum absolute atomic E-state index is 0.347. The van der Waals surface area contributed by atoms with Gasteiger partial charge in [0.15, 0.2) is 5.84 Å². The molecule has 25 heavy (non-hydrogen) atoms. The van der Waals surface area contributed by atoms with E-state index in [4.69, 9.17) is 9.84 Å². The van der Waals surface area contributed by atoms with Crippen LogP contribution in [0.25, 0.3) is 0 Å². The lowest BCUT2D eigenvalue weighted by Gasteiger charge is -2.30. The first-order valence-electron chi connectivity index (χ1n) is 8.24. The van der Waals surface area contributed by atoms with Crippen molar-refractivity contribution in [3.8, 4) is 0 Å². The predicted octanol–water partition coefficient (Wildman–Crippen LogP) is 4.31. The number of para-hydroxylation sites is 2. The zero-order chi connectivity index (χ0) is 17.1. The molecule has 0 saturated heterocycles. The average molecular weight is 329 g/mol. The maximum Gasteiger partial charge on any atom is 0.235 e. The third-order valence-corrected chi connectivity index (χ3v) is 4.16. The highest BCUT2D eigenvalue weighted by Crippen LogP contribution is 2.31. The molecule has 3 aromatic carbocycles. The van der Waals surface area contributed by atoms with Crippen molar-refractivity contribution in [2.75, 3.05) is 17.0 Å². The molecule has 0 saturated carbocycles. The van der Waals surface area contributed by atoms with Crippen molar-refractivity contribution in [2.45, 2.75) is 6.35 Å². The Balaban J connectivity index is 1.84. The average Bonchev–Trinajstić information content (AvgIpc) is 3.09. The minimum atomic E-state index is -0.347. The summed E-state index contributed by atoms with van der Waals surface area (Å²) in [4.78, 5) is 2.11. The molecule has 0 bridgehead atoms. The molecule has 0 spiro atoms. The summed E-state index contributed by atoms with van der Waals surface area (Å²) in [6.45, 7) is 0. The van der Waals surface area contributed by atoms with E-state index in [0.29, 0.717) is 0 Å². The van der Waals surface area contributed by atoms with Crippen LogP contribution in [0.15, 0.2) is 96.1 Å². The predicted molar refractivity (Wildman–Crippen MR) is 102 cm³/mol. The van der Waals surface area contributed by atoms with Crippen LogP contribution in [0.5, 0.6) is 0 Å². The fourth-order valence-electron chi connectivity index (χ4n) is 3.01. The summed E-state index contributed by atoms with van der Waals surface area (Å²) >= 11 is 0. The van der Waals surface area contributed by atoms with Crippen molar-refractivity contribution in [2.24, 2.45) is 5.10 Å². The second-order valence-corrected chi connectivity index (χ2v) is 5.74. The summed E-state index contributed by atoms with van der Waals surface area (Å²) in [5, 5.41) is 6.80. The monoisotopic (exact) mass is 329 g/mol. The third-order valence-electron chi connectivity index (χ3n) is 4.16. The number of benzene rings is 3. The minimum Gasteiger partial charge on any atom is -0.342 e. The first-order valence-corrected chi connectivity index (χ1v) is 8.24. The molecule has 0 fully saturated rings. The summed E-state index contributed by atoms with van der Waals surface area (Å²) in [5.74, 6) is 0.863. The van der Waals surface area contributed by atoms with Gasteiger partial charge in [0.1, 0.15) is 0 Å². The van der Waals surface area contributed by atoms with Crippen molar-refractivity contribution in [1.29, 1.82) is 0 Å². The Morgan fingerprint density at radius 2 is 1.24 bits per heavy atom. The number of hydrazone groups is 1. The Labute approximate surface area is 147 Å². The lowest BCUT2D eigenvalue weighted by Crippen LogP contribution is -2.44. The molecule has 1 aliphatic heterocycles. The number of nitrogens with zero attached hydrogens (tertiary/aromatic N) is 3. The van der Waals surface area contributed by atoms with E-state index in [9.17, 15) is 0 Å². The zero-order valence-electron chi connectivity index (χ0n) is 14.0. The molecule has 0 amide bonds. The molecule has 0 aliphatic carbocycles. The van der Waals surface area contributed by atoms with Crippen molar-refractivity contribution in [3.63, 3.8) is 0 Å². The van der Waals surface area contributed by atoms with E-state index < -0.39 is 0 Å². The number of methoxy groups -OCH3 is 1. The normalized spacial score (nSPS) is 16.8. The molecular formula is C21H19N3O. The molecule has 124 valence electrons. The van der Waals surface area contributed by atoms with Crippen molar-refractivity contribution >= 4 is 17.2 Å². The first kappa shape index (κ1) is 15.4. The van der Waals surface area contributed by atoms with Crippen molar-refractivity contribution in [3.05, 3.63) is 96.6 Å². The van der Waals surface area contributed by atoms with Crippen LogP contribution in [0.2, 0.25) is 0 Å². The summed E-state index contributed by atoms with van der Waals surface area (Å²) < 4.78 is 5.83. The number of hydrogen-bond donors (Lipinski definition) is 0. The number of hydrogen-bond acceptors (Lipinski definition) is 4.